The molecule has 2 nitrogen and oxygen atoms in total. The minimum Gasteiger partial charge on any atom is -0.347 e. The minimum absolute atomic E-state index is 0.109. The lowest BCUT2D eigenvalue weighted by atomic mass is 10.1. The summed E-state index contributed by atoms with van der Waals surface area (Å²) < 4.78 is 2.13. The van der Waals surface area contributed by atoms with E-state index in [-0.39, 0.29) is 5.78 Å². The van der Waals surface area contributed by atoms with E-state index in [0.717, 1.165) is 29.4 Å². The second kappa shape index (κ2) is 3.89. The lowest BCUT2D eigenvalue weighted by Crippen LogP contribution is -1.94. The fourth-order valence-corrected chi connectivity index (χ4v) is 1.87. The molecule has 2 aromatic rings. The first kappa shape index (κ1) is 9.97. The van der Waals surface area contributed by atoms with Crippen LogP contribution < -0.4 is 0 Å². The Kier molecular flexibility index (Phi) is 2.58. The molecule has 77 valence electrons. The fourth-order valence-electron chi connectivity index (χ4n) is 1.87. The monoisotopic (exact) mass is 200 g/mol. The Balaban J connectivity index is 2.67. The summed E-state index contributed by atoms with van der Waals surface area (Å²) in [5.74, 6) is 0.109. The predicted octanol–water partition coefficient (Wildman–Crippen LogP) is 3.05. The Bertz CT molecular complexity index is 496. The van der Waals surface area contributed by atoms with Gasteiger partial charge in [-0.15, -0.1) is 0 Å². The van der Waals surface area contributed by atoms with Crippen LogP contribution in [0.1, 0.15) is 30.6 Å². The van der Waals surface area contributed by atoms with Crippen LogP contribution in [0.5, 0.6) is 0 Å². The van der Waals surface area contributed by atoms with E-state index >= 15 is 0 Å². The molecule has 0 bridgehead atoms. The van der Waals surface area contributed by atoms with Gasteiger partial charge in [0.2, 0.25) is 0 Å². The zero-order chi connectivity index (χ0) is 10.8. The molecule has 0 amide bonds. The molecule has 15 heavy (non-hydrogen) atoms. The highest BCUT2D eigenvalue weighted by atomic mass is 16.1. The number of ketones is 1. The highest BCUT2D eigenvalue weighted by Gasteiger charge is 2.10. The molecule has 1 aromatic heterocycles. The summed E-state index contributed by atoms with van der Waals surface area (Å²) in [6.45, 7) is 4.68. The number of rotatable bonds is 3. The molecule has 0 saturated carbocycles. The number of benzene rings is 1. The molecule has 1 radical (unpaired) electrons. The topological polar surface area (TPSA) is 22.0 Å². The van der Waals surface area contributed by atoms with Gasteiger partial charge >= 0.3 is 0 Å². The highest BCUT2D eigenvalue weighted by molar-refractivity contribution is 6.06. The van der Waals surface area contributed by atoms with Crippen molar-refractivity contribution in [3.8, 4) is 0 Å². The van der Waals surface area contributed by atoms with E-state index in [2.05, 4.69) is 17.6 Å². The number of hydrogen-bond acceptors (Lipinski definition) is 1. The Morgan fingerprint density at radius 2 is 2.33 bits per heavy atom. The molecule has 1 heterocycles. The zero-order valence-corrected chi connectivity index (χ0v) is 9.08. The summed E-state index contributed by atoms with van der Waals surface area (Å²) in [6, 6.07) is 8.98. The molecule has 2 heteroatoms. The number of fused-ring (bicyclic) bond motifs is 1. The summed E-state index contributed by atoms with van der Waals surface area (Å²) in [4.78, 5) is 11.4. The maximum Gasteiger partial charge on any atom is 0.161 e. The van der Waals surface area contributed by atoms with Gasteiger partial charge in [0.1, 0.15) is 0 Å². The number of nitrogens with zero attached hydrogens (tertiary/aromatic N) is 1. The maximum atomic E-state index is 11.4. The van der Waals surface area contributed by atoms with Crippen LogP contribution in [-0.4, -0.2) is 10.4 Å². The molecule has 2 rings (SSSR count). The first-order valence-electron chi connectivity index (χ1n) is 5.24. The maximum absolute atomic E-state index is 11.4. The third kappa shape index (κ3) is 1.67. The quantitative estimate of drug-likeness (QED) is 0.698. The molecule has 0 saturated heterocycles. The van der Waals surface area contributed by atoms with Gasteiger partial charge in [0, 0.05) is 29.2 Å². The van der Waals surface area contributed by atoms with Crippen LogP contribution in [0.2, 0.25) is 0 Å². The highest BCUT2D eigenvalue weighted by Crippen LogP contribution is 2.21. The van der Waals surface area contributed by atoms with Crippen molar-refractivity contribution >= 4 is 16.7 Å². The second-order valence-corrected chi connectivity index (χ2v) is 3.72. The molecule has 0 aliphatic rings. The van der Waals surface area contributed by atoms with Crippen molar-refractivity contribution in [3.63, 3.8) is 0 Å². The Labute approximate surface area is 89.5 Å². The number of hydrogen-bond donors (Lipinski definition) is 0. The molecular weight excluding hydrogens is 186 g/mol. The van der Waals surface area contributed by atoms with Crippen molar-refractivity contribution in [1.29, 1.82) is 0 Å². The van der Waals surface area contributed by atoms with Crippen molar-refractivity contribution in [3.05, 3.63) is 36.0 Å². The SMILES string of the molecule is CCCn1cc(C(C)=O)c2[c]cccc21. The molecule has 0 fully saturated rings. The van der Waals surface area contributed by atoms with Crippen LogP contribution in [0.15, 0.2) is 24.4 Å². The van der Waals surface area contributed by atoms with E-state index in [1.54, 1.807) is 6.92 Å². The van der Waals surface area contributed by atoms with Gasteiger partial charge in [-0.1, -0.05) is 19.1 Å². The van der Waals surface area contributed by atoms with Crippen molar-refractivity contribution in [2.24, 2.45) is 0 Å². The third-order valence-electron chi connectivity index (χ3n) is 2.54. The lowest BCUT2D eigenvalue weighted by Gasteiger charge is -2.00. The normalized spacial score (nSPS) is 10.8. The average Bonchev–Trinajstić information content (AvgIpc) is 2.59. The number of carbonyl (C=O) groups is 1. The number of aryl methyl sites for hydroxylation is 1. The molecule has 0 N–H and O–H groups in total. The van der Waals surface area contributed by atoms with Gasteiger partial charge < -0.3 is 4.57 Å². The summed E-state index contributed by atoms with van der Waals surface area (Å²) in [5.41, 5.74) is 1.88. The first-order chi connectivity index (χ1) is 7.24. The van der Waals surface area contributed by atoms with E-state index in [1.165, 1.54) is 0 Å². The molecule has 0 atom stereocenters. The molecular formula is C13H14NO. The zero-order valence-electron chi connectivity index (χ0n) is 9.08. The molecule has 0 aliphatic carbocycles. The van der Waals surface area contributed by atoms with Crippen molar-refractivity contribution < 1.29 is 4.79 Å². The van der Waals surface area contributed by atoms with E-state index in [9.17, 15) is 4.79 Å². The van der Waals surface area contributed by atoms with Crippen LogP contribution in [0, 0.1) is 6.07 Å². The molecule has 0 aliphatic heterocycles. The van der Waals surface area contributed by atoms with Crippen molar-refractivity contribution in [2.75, 3.05) is 0 Å². The van der Waals surface area contributed by atoms with Gasteiger partial charge in [-0.2, -0.15) is 0 Å². The Morgan fingerprint density at radius 3 is 3.00 bits per heavy atom. The lowest BCUT2D eigenvalue weighted by molar-refractivity contribution is 0.101. The summed E-state index contributed by atoms with van der Waals surface area (Å²) >= 11 is 0. The van der Waals surface area contributed by atoms with E-state index in [1.807, 2.05) is 24.4 Å². The molecule has 0 spiro atoms. The Morgan fingerprint density at radius 1 is 1.53 bits per heavy atom. The smallest absolute Gasteiger partial charge is 0.161 e. The standard InChI is InChI=1S/C13H14NO/c1-3-8-14-9-12(10(2)15)11-6-4-5-7-13(11)14/h4-5,7,9H,3,8H2,1-2H3. The van der Waals surface area contributed by atoms with Crippen LogP contribution in [0.3, 0.4) is 0 Å². The second-order valence-electron chi connectivity index (χ2n) is 3.72. The molecule has 0 unspecified atom stereocenters. The van der Waals surface area contributed by atoms with E-state index in [4.69, 9.17) is 0 Å². The summed E-state index contributed by atoms with van der Waals surface area (Å²) in [5, 5.41) is 0.943. The minimum atomic E-state index is 0.109. The van der Waals surface area contributed by atoms with Crippen LogP contribution in [0.25, 0.3) is 10.9 Å². The van der Waals surface area contributed by atoms with Crippen LogP contribution in [0.4, 0.5) is 0 Å². The van der Waals surface area contributed by atoms with Crippen LogP contribution >= 0.6 is 0 Å². The van der Waals surface area contributed by atoms with Gasteiger partial charge in [-0.3, -0.25) is 4.79 Å². The van der Waals surface area contributed by atoms with Gasteiger partial charge in [-0.25, -0.2) is 0 Å². The molecule has 1 aromatic carbocycles. The number of Topliss-reactive ketones (excluding diaryl/α,β-unsaturated/α-hetero) is 1. The van der Waals surface area contributed by atoms with Gasteiger partial charge in [0.05, 0.1) is 0 Å². The Hall–Kier alpha value is -1.57. The van der Waals surface area contributed by atoms with Crippen molar-refractivity contribution in [1.82, 2.24) is 4.57 Å². The van der Waals surface area contributed by atoms with Gasteiger partial charge in [-0.05, 0) is 25.5 Å². The largest absolute Gasteiger partial charge is 0.347 e. The summed E-state index contributed by atoms with van der Waals surface area (Å²) in [7, 11) is 0. The average molecular weight is 200 g/mol. The number of carbonyl (C=O) groups excluding carboxylic acids is 1. The van der Waals surface area contributed by atoms with Gasteiger partial charge in [0.15, 0.2) is 5.78 Å². The van der Waals surface area contributed by atoms with E-state index < -0.39 is 0 Å². The first-order valence-corrected chi connectivity index (χ1v) is 5.24. The third-order valence-corrected chi connectivity index (χ3v) is 2.54. The van der Waals surface area contributed by atoms with Crippen molar-refractivity contribution in [2.45, 2.75) is 26.8 Å². The number of aromatic nitrogens is 1. The predicted molar refractivity (Wildman–Crippen MR) is 61.1 cm³/mol. The summed E-state index contributed by atoms with van der Waals surface area (Å²) in [6.07, 6.45) is 3.00. The van der Waals surface area contributed by atoms with Gasteiger partial charge in [0.25, 0.3) is 0 Å². The van der Waals surface area contributed by atoms with E-state index in [0.29, 0.717) is 0 Å². The fraction of sp³-hybridized carbons (Fsp3) is 0.308. The van der Waals surface area contributed by atoms with Crippen LogP contribution in [-0.2, 0) is 6.54 Å².